The van der Waals surface area contributed by atoms with Gasteiger partial charge in [0.2, 0.25) is 0 Å². The quantitative estimate of drug-likeness (QED) is 0.799. The number of rotatable bonds is 3. The third-order valence-corrected chi connectivity index (χ3v) is 3.05. The van der Waals surface area contributed by atoms with Gasteiger partial charge in [0.05, 0.1) is 5.70 Å². The second kappa shape index (κ2) is 4.81. The van der Waals surface area contributed by atoms with Crippen LogP contribution in [0, 0.1) is 11.3 Å². The Morgan fingerprint density at radius 2 is 1.88 bits per heavy atom. The summed E-state index contributed by atoms with van der Waals surface area (Å²) in [6.45, 7) is 0. The maximum atomic E-state index is 11.4. The molecule has 0 aliphatic carbocycles. The monoisotopic (exact) mass is 236 g/mol. The topological polar surface area (TPSA) is 70.0 Å². The Kier molecular flexibility index (Phi) is 3.69. The highest BCUT2D eigenvalue weighted by Gasteiger charge is 2.17. The molecule has 0 aliphatic heterocycles. The molecular weight excluding hydrogens is 224 g/mol. The van der Waals surface area contributed by atoms with Crippen molar-refractivity contribution < 1.29 is 8.42 Å². The van der Waals surface area contributed by atoms with Crippen LogP contribution in [0.4, 0.5) is 0 Å². The molecule has 0 amide bonds. The van der Waals surface area contributed by atoms with Crippen molar-refractivity contribution >= 4 is 15.5 Å². The summed E-state index contributed by atoms with van der Waals surface area (Å²) in [6.07, 6.45) is 1.02. The molecule has 0 saturated heterocycles. The Morgan fingerprint density at radius 1 is 1.31 bits per heavy atom. The van der Waals surface area contributed by atoms with Crippen LogP contribution in [0.3, 0.4) is 0 Å². The molecule has 1 N–H and O–H groups in total. The van der Waals surface area contributed by atoms with Crippen molar-refractivity contribution in [3.63, 3.8) is 0 Å². The van der Waals surface area contributed by atoms with Gasteiger partial charge in [0.15, 0.2) is 14.7 Å². The van der Waals surface area contributed by atoms with Crippen molar-refractivity contribution in [2.45, 2.75) is 0 Å². The van der Waals surface area contributed by atoms with E-state index in [2.05, 4.69) is 5.32 Å². The van der Waals surface area contributed by atoms with Gasteiger partial charge >= 0.3 is 0 Å². The fourth-order valence-electron chi connectivity index (χ4n) is 1.32. The van der Waals surface area contributed by atoms with Gasteiger partial charge < -0.3 is 5.32 Å². The van der Waals surface area contributed by atoms with E-state index in [-0.39, 0.29) is 4.91 Å². The molecule has 0 radical (unpaired) electrons. The van der Waals surface area contributed by atoms with Crippen LogP contribution in [-0.4, -0.2) is 21.7 Å². The molecule has 0 aliphatic rings. The Hall–Kier alpha value is -1.80. The molecule has 0 aromatic heterocycles. The number of nitrogens with zero attached hydrogens (tertiary/aromatic N) is 1. The number of hydrogen-bond acceptors (Lipinski definition) is 4. The maximum absolute atomic E-state index is 11.4. The van der Waals surface area contributed by atoms with Gasteiger partial charge in [0.25, 0.3) is 0 Å². The third kappa shape index (κ3) is 2.61. The predicted molar refractivity (Wildman–Crippen MR) is 62.9 cm³/mol. The van der Waals surface area contributed by atoms with Gasteiger partial charge in [-0.2, -0.15) is 5.26 Å². The van der Waals surface area contributed by atoms with Crippen molar-refractivity contribution in [2.24, 2.45) is 0 Å². The molecule has 0 atom stereocenters. The summed E-state index contributed by atoms with van der Waals surface area (Å²) in [5.41, 5.74) is 0.998. The van der Waals surface area contributed by atoms with Gasteiger partial charge in [-0.1, -0.05) is 30.3 Å². The summed E-state index contributed by atoms with van der Waals surface area (Å²) in [5.74, 6) is 0. The van der Waals surface area contributed by atoms with Crippen LogP contribution in [-0.2, 0) is 9.84 Å². The number of allylic oxidation sites excluding steroid dienone is 1. The van der Waals surface area contributed by atoms with Gasteiger partial charge in [-0.15, -0.1) is 0 Å². The Labute approximate surface area is 95.1 Å². The number of nitrogens with one attached hydrogen (secondary N) is 1. The number of hydrogen-bond donors (Lipinski definition) is 1. The second-order valence-electron chi connectivity index (χ2n) is 3.20. The first-order valence-electron chi connectivity index (χ1n) is 4.58. The molecule has 1 rings (SSSR count). The number of sulfone groups is 1. The fourth-order valence-corrected chi connectivity index (χ4v) is 2.07. The van der Waals surface area contributed by atoms with Crippen LogP contribution < -0.4 is 5.32 Å². The van der Waals surface area contributed by atoms with Gasteiger partial charge in [-0.3, -0.25) is 0 Å². The van der Waals surface area contributed by atoms with E-state index < -0.39 is 9.84 Å². The summed E-state index contributed by atoms with van der Waals surface area (Å²) >= 11 is 0. The van der Waals surface area contributed by atoms with Gasteiger partial charge in [-0.25, -0.2) is 8.42 Å². The Balaban J connectivity index is 3.48. The third-order valence-electron chi connectivity index (χ3n) is 2.01. The van der Waals surface area contributed by atoms with Gasteiger partial charge in [0, 0.05) is 13.3 Å². The zero-order valence-electron chi connectivity index (χ0n) is 9.06. The van der Waals surface area contributed by atoms with Crippen molar-refractivity contribution in [2.75, 3.05) is 13.3 Å². The average molecular weight is 236 g/mol. The van der Waals surface area contributed by atoms with Crippen LogP contribution >= 0.6 is 0 Å². The van der Waals surface area contributed by atoms with Crippen LogP contribution in [0.2, 0.25) is 0 Å². The van der Waals surface area contributed by atoms with Crippen molar-refractivity contribution in [1.82, 2.24) is 5.32 Å². The van der Waals surface area contributed by atoms with Gasteiger partial charge in [0.1, 0.15) is 6.07 Å². The van der Waals surface area contributed by atoms with E-state index >= 15 is 0 Å². The van der Waals surface area contributed by atoms with Crippen LogP contribution in [0.1, 0.15) is 5.56 Å². The minimum atomic E-state index is -3.52. The summed E-state index contributed by atoms with van der Waals surface area (Å²) < 4.78 is 22.8. The molecule has 0 unspecified atom stereocenters. The zero-order chi connectivity index (χ0) is 12.2. The van der Waals surface area contributed by atoms with Gasteiger partial charge in [-0.05, 0) is 5.56 Å². The van der Waals surface area contributed by atoms with E-state index in [0.29, 0.717) is 11.3 Å². The second-order valence-corrected chi connectivity index (χ2v) is 5.16. The summed E-state index contributed by atoms with van der Waals surface area (Å²) in [6, 6.07) is 10.6. The van der Waals surface area contributed by atoms with Crippen molar-refractivity contribution in [3.05, 3.63) is 40.8 Å². The fraction of sp³-hybridized carbons (Fsp3) is 0.182. The molecular formula is C11H12N2O2S. The van der Waals surface area contributed by atoms with E-state index in [0.717, 1.165) is 6.26 Å². The first-order chi connectivity index (χ1) is 7.50. The van der Waals surface area contributed by atoms with Crippen LogP contribution in [0.25, 0.3) is 5.70 Å². The highest BCUT2D eigenvalue weighted by Crippen LogP contribution is 2.18. The van der Waals surface area contributed by atoms with E-state index in [9.17, 15) is 8.42 Å². The summed E-state index contributed by atoms with van der Waals surface area (Å²) in [7, 11) is -1.93. The summed E-state index contributed by atoms with van der Waals surface area (Å²) in [4.78, 5) is -0.249. The molecule has 16 heavy (non-hydrogen) atoms. The minimum absolute atomic E-state index is 0.249. The molecule has 0 spiro atoms. The molecule has 0 heterocycles. The lowest BCUT2D eigenvalue weighted by atomic mass is 10.1. The minimum Gasteiger partial charge on any atom is -0.386 e. The normalized spacial score (nSPS) is 12.6. The molecule has 1 aromatic carbocycles. The maximum Gasteiger partial charge on any atom is 0.187 e. The molecule has 0 saturated carbocycles. The highest BCUT2D eigenvalue weighted by molar-refractivity contribution is 7.95. The average Bonchev–Trinajstić information content (AvgIpc) is 2.25. The van der Waals surface area contributed by atoms with Crippen molar-refractivity contribution in [1.29, 1.82) is 5.26 Å². The highest BCUT2D eigenvalue weighted by atomic mass is 32.2. The Bertz CT molecular complexity index is 539. The SMILES string of the molecule is CN/C(=C(\C#N)S(C)(=O)=O)c1ccccc1. The van der Waals surface area contributed by atoms with Crippen LogP contribution in [0.15, 0.2) is 35.2 Å². The lowest BCUT2D eigenvalue weighted by Crippen LogP contribution is -2.12. The van der Waals surface area contributed by atoms with E-state index in [1.54, 1.807) is 37.4 Å². The Morgan fingerprint density at radius 3 is 2.25 bits per heavy atom. The molecule has 1 aromatic rings. The molecule has 0 fully saturated rings. The van der Waals surface area contributed by atoms with E-state index in [4.69, 9.17) is 5.26 Å². The van der Waals surface area contributed by atoms with Crippen LogP contribution in [0.5, 0.6) is 0 Å². The first-order valence-corrected chi connectivity index (χ1v) is 6.47. The first kappa shape index (κ1) is 12.3. The molecule has 5 heteroatoms. The smallest absolute Gasteiger partial charge is 0.187 e. The standard InChI is InChI=1S/C11H12N2O2S/c1-13-11(9-6-4-3-5-7-9)10(8-12)16(2,14)15/h3-7,13H,1-2H3/b11-10+. The molecule has 84 valence electrons. The largest absolute Gasteiger partial charge is 0.386 e. The molecule has 4 nitrogen and oxygen atoms in total. The lowest BCUT2D eigenvalue weighted by molar-refractivity contribution is 0.608. The number of nitriles is 1. The van der Waals surface area contributed by atoms with Crippen molar-refractivity contribution in [3.8, 4) is 6.07 Å². The van der Waals surface area contributed by atoms with E-state index in [1.807, 2.05) is 6.07 Å². The lowest BCUT2D eigenvalue weighted by Gasteiger charge is -2.08. The molecule has 0 bridgehead atoms. The zero-order valence-corrected chi connectivity index (χ0v) is 9.88. The van der Waals surface area contributed by atoms with E-state index in [1.165, 1.54) is 0 Å². The summed E-state index contributed by atoms with van der Waals surface area (Å²) in [5, 5.41) is 11.7. The predicted octanol–water partition coefficient (Wildman–Crippen LogP) is 1.14. The number of benzene rings is 1.